The van der Waals surface area contributed by atoms with Crippen molar-refractivity contribution in [3.05, 3.63) is 24.2 Å². The maximum absolute atomic E-state index is 10.8. The monoisotopic (exact) mass is 262 g/mol. The smallest absolute Gasteiger partial charge is 0.241 e. The topological polar surface area (TPSA) is 114 Å². The van der Waals surface area contributed by atoms with Gasteiger partial charge in [0.25, 0.3) is 0 Å². The minimum Gasteiger partial charge on any atom is -0.472 e. The quantitative estimate of drug-likeness (QED) is 0.667. The van der Waals surface area contributed by atoms with Gasteiger partial charge in [-0.25, -0.2) is 9.97 Å². The largest absolute Gasteiger partial charge is 0.472 e. The van der Waals surface area contributed by atoms with E-state index in [1.807, 2.05) is 0 Å². The average molecular weight is 262 g/mol. The van der Waals surface area contributed by atoms with Gasteiger partial charge >= 0.3 is 0 Å². The summed E-state index contributed by atoms with van der Waals surface area (Å²) >= 11 is 0. The molecule has 0 saturated carbocycles. The second-order valence-corrected chi connectivity index (χ2v) is 3.99. The highest BCUT2D eigenvalue weighted by molar-refractivity contribution is 5.96. The van der Waals surface area contributed by atoms with E-state index in [1.54, 1.807) is 19.2 Å². The van der Waals surface area contributed by atoms with Crippen molar-refractivity contribution < 1.29 is 14.6 Å². The lowest BCUT2D eigenvalue weighted by Crippen LogP contribution is -2.17. The van der Waals surface area contributed by atoms with Crippen LogP contribution in [0.4, 0.5) is 0 Å². The van der Waals surface area contributed by atoms with Crippen molar-refractivity contribution in [3.63, 3.8) is 0 Å². The fraction of sp³-hybridized carbons (Fsp3) is 0.250. The second kappa shape index (κ2) is 5.49. The second-order valence-electron chi connectivity index (χ2n) is 3.99. The molecule has 19 heavy (non-hydrogen) atoms. The number of rotatable bonds is 5. The van der Waals surface area contributed by atoms with Gasteiger partial charge in [0.15, 0.2) is 0 Å². The molecule has 0 radical (unpaired) electrons. The molecule has 2 aromatic rings. The Kier molecular flexibility index (Phi) is 3.76. The van der Waals surface area contributed by atoms with Crippen molar-refractivity contribution in [2.24, 2.45) is 5.73 Å². The Morgan fingerprint density at radius 3 is 3.11 bits per heavy atom. The number of aliphatic hydroxyl groups excluding tert-OH is 1. The van der Waals surface area contributed by atoms with Gasteiger partial charge in [-0.05, 0) is 13.0 Å². The zero-order chi connectivity index (χ0) is 13.8. The fourth-order valence-corrected chi connectivity index (χ4v) is 1.58. The Morgan fingerprint density at radius 1 is 1.63 bits per heavy atom. The number of hydrogen-bond acceptors (Lipinski definition) is 5. The molecule has 4 N–H and O–H groups in total. The number of carbonyl (C=O) groups excluding carboxylic acids is 1. The molecule has 0 fully saturated rings. The predicted octanol–water partition coefficient (Wildman–Crippen LogP) is 0.216. The van der Waals surface area contributed by atoms with Crippen LogP contribution in [0, 0.1) is 0 Å². The van der Waals surface area contributed by atoms with Gasteiger partial charge in [-0.2, -0.15) is 0 Å². The van der Waals surface area contributed by atoms with Crippen LogP contribution in [0.25, 0.3) is 17.1 Å². The van der Waals surface area contributed by atoms with Gasteiger partial charge in [-0.3, -0.25) is 4.79 Å². The number of amides is 1. The van der Waals surface area contributed by atoms with Crippen molar-refractivity contribution in [2.75, 3.05) is 6.61 Å². The molecule has 2 aromatic heterocycles. The van der Waals surface area contributed by atoms with Gasteiger partial charge in [0.1, 0.15) is 18.1 Å². The number of hydrogen-bond donors (Lipinski definition) is 3. The lowest BCUT2D eigenvalue weighted by Gasteiger charge is -2.11. The molecule has 100 valence electrons. The Balaban J connectivity index is 2.46. The lowest BCUT2D eigenvalue weighted by atomic mass is 10.2. The molecule has 0 saturated heterocycles. The van der Waals surface area contributed by atoms with Crippen LogP contribution in [-0.4, -0.2) is 38.7 Å². The number of aromatic amines is 1. The van der Waals surface area contributed by atoms with E-state index in [4.69, 9.17) is 15.6 Å². The summed E-state index contributed by atoms with van der Waals surface area (Å²) in [6.45, 7) is 1.60. The molecule has 2 rings (SSSR count). The number of aliphatic hydroxyl groups is 1. The standard InChI is InChI=1S/C12H14N4O3/c1-7(5-17)19-12-10-8(2-3-9(13)18)4-14-11(10)15-6-16-12/h2-4,6-7,17H,5H2,1H3,(H2,13,18)(H,14,15,16)/b3-2+. The maximum Gasteiger partial charge on any atom is 0.241 e. The van der Waals surface area contributed by atoms with Crippen molar-refractivity contribution in [3.8, 4) is 5.88 Å². The first-order valence-electron chi connectivity index (χ1n) is 5.69. The number of primary amides is 1. The van der Waals surface area contributed by atoms with E-state index in [0.29, 0.717) is 22.5 Å². The summed E-state index contributed by atoms with van der Waals surface area (Å²) in [6, 6.07) is 0. The van der Waals surface area contributed by atoms with Crippen LogP contribution in [-0.2, 0) is 4.79 Å². The summed E-state index contributed by atoms with van der Waals surface area (Å²) in [6.07, 6.45) is 5.45. The highest BCUT2D eigenvalue weighted by Gasteiger charge is 2.13. The summed E-state index contributed by atoms with van der Waals surface area (Å²) in [5.41, 5.74) is 6.33. The van der Waals surface area contributed by atoms with E-state index in [9.17, 15) is 4.79 Å². The van der Waals surface area contributed by atoms with Crippen LogP contribution in [0.5, 0.6) is 5.88 Å². The minimum absolute atomic E-state index is 0.123. The molecule has 0 bridgehead atoms. The van der Waals surface area contributed by atoms with Crippen LogP contribution in [0.2, 0.25) is 0 Å². The molecule has 7 nitrogen and oxygen atoms in total. The molecule has 1 unspecified atom stereocenters. The summed E-state index contributed by atoms with van der Waals surface area (Å²) in [5, 5.41) is 9.65. The molecule has 7 heteroatoms. The SMILES string of the molecule is CC(CO)Oc1ncnc2[nH]cc(/C=C/C(N)=O)c12. The maximum atomic E-state index is 10.8. The third-order valence-electron chi connectivity index (χ3n) is 2.46. The van der Waals surface area contributed by atoms with E-state index in [2.05, 4.69) is 15.0 Å². The van der Waals surface area contributed by atoms with Gasteiger partial charge in [0.05, 0.1) is 12.0 Å². The average Bonchev–Trinajstić information content (AvgIpc) is 2.80. The predicted molar refractivity (Wildman–Crippen MR) is 69.3 cm³/mol. The van der Waals surface area contributed by atoms with Gasteiger partial charge < -0.3 is 20.6 Å². The summed E-state index contributed by atoms with van der Waals surface area (Å²) in [7, 11) is 0. The molecule has 0 spiro atoms. The molecule has 0 aromatic carbocycles. The van der Waals surface area contributed by atoms with Crippen molar-refractivity contribution >= 4 is 23.0 Å². The van der Waals surface area contributed by atoms with Crippen LogP contribution in [0.15, 0.2) is 18.6 Å². The first-order chi connectivity index (χ1) is 9.11. The van der Waals surface area contributed by atoms with E-state index in [1.165, 1.54) is 12.4 Å². The Bertz CT molecular complexity index is 620. The lowest BCUT2D eigenvalue weighted by molar-refractivity contribution is -0.113. The summed E-state index contributed by atoms with van der Waals surface area (Å²) in [5.74, 6) is -0.200. The van der Waals surface area contributed by atoms with Crippen molar-refractivity contribution in [1.29, 1.82) is 0 Å². The van der Waals surface area contributed by atoms with E-state index < -0.39 is 5.91 Å². The number of nitrogens with zero attached hydrogens (tertiary/aromatic N) is 2. The third-order valence-corrected chi connectivity index (χ3v) is 2.46. The van der Waals surface area contributed by atoms with E-state index >= 15 is 0 Å². The van der Waals surface area contributed by atoms with Crippen LogP contribution in [0.3, 0.4) is 0 Å². The number of nitrogens with one attached hydrogen (secondary N) is 1. The molecule has 0 aliphatic rings. The van der Waals surface area contributed by atoms with Crippen molar-refractivity contribution in [2.45, 2.75) is 13.0 Å². The van der Waals surface area contributed by atoms with Crippen LogP contribution >= 0.6 is 0 Å². The van der Waals surface area contributed by atoms with E-state index in [-0.39, 0.29) is 12.7 Å². The zero-order valence-electron chi connectivity index (χ0n) is 10.3. The highest BCUT2D eigenvalue weighted by atomic mass is 16.5. The minimum atomic E-state index is -0.544. The number of fused-ring (bicyclic) bond motifs is 1. The van der Waals surface area contributed by atoms with Gasteiger partial charge in [0.2, 0.25) is 11.8 Å². The number of aromatic nitrogens is 3. The molecule has 1 atom stereocenters. The molecular formula is C12H14N4O3. The Labute approximate surface area is 109 Å². The highest BCUT2D eigenvalue weighted by Crippen LogP contribution is 2.26. The molecular weight excluding hydrogens is 248 g/mol. The first kappa shape index (κ1) is 13.0. The summed E-state index contributed by atoms with van der Waals surface area (Å²) in [4.78, 5) is 21.8. The van der Waals surface area contributed by atoms with E-state index in [0.717, 1.165) is 0 Å². The number of carbonyl (C=O) groups is 1. The first-order valence-corrected chi connectivity index (χ1v) is 5.69. The van der Waals surface area contributed by atoms with Crippen LogP contribution in [0.1, 0.15) is 12.5 Å². The van der Waals surface area contributed by atoms with Gasteiger partial charge in [-0.1, -0.05) is 0 Å². The third kappa shape index (κ3) is 2.89. The normalized spacial score (nSPS) is 12.9. The number of nitrogens with two attached hydrogens (primary N) is 1. The van der Waals surface area contributed by atoms with Crippen LogP contribution < -0.4 is 10.5 Å². The Hall–Kier alpha value is -2.41. The molecule has 0 aliphatic carbocycles. The molecule has 1 amide bonds. The number of H-pyrrole nitrogens is 1. The molecule has 0 aliphatic heterocycles. The Morgan fingerprint density at radius 2 is 2.42 bits per heavy atom. The number of ether oxygens (including phenoxy) is 1. The molecule has 2 heterocycles. The summed E-state index contributed by atoms with van der Waals surface area (Å²) < 4.78 is 5.51. The van der Waals surface area contributed by atoms with Gasteiger partial charge in [-0.15, -0.1) is 0 Å². The van der Waals surface area contributed by atoms with Crippen molar-refractivity contribution in [1.82, 2.24) is 15.0 Å². The van der Waals surface area contributed by atoms with Gasteiger partial charge in [0, 0.05) is 17.8 Å². The fourth-order valence-electron chi connectivity index (χ4n) is 1.58. The zero-order valence-corrected chi connectivity index (χ0v) is 10.3.